The molecule has 1 rings (SSSR count). The number of rotatable bonds is 3. The van der Waals surface area contributed by atoms with Gasteiger partial charge in [-0.25, -0.2) is 0 Å². The summed E-state index contributed by atoms with van der Waals surface area (Å²) in [6.45, 7) is 1.31. The van der Waals surface area contributed by atoms with Crippen LogP contribution in [0.3, 0.4) is 0 Å². The summed E-state index contributed by atoms with van der Waals surface area (Å²) in [6.07, 6.45) is 3.26. The molecule has 1 aliphatic rings. The first-order chi connectivity index (χ1) is 5.33. The van der Waals surface area contributed by atoms with Crippen molar-refractivity contribution in [2.75, 3.05) is 19.8 Å². The van der Waals surface area contributed by atoms with Crippen LogP contribution in [0.25, 0.3) is 0 Å². The number of carbonyl (C=O) groups excluding carboxylic acids is 1. The predicted octanol–water partition coefficient (Wildman–Crippen LogP) is 0.365. The van der Waals surface area contributed by atoms with E-state index in [9.17, 15) is 4.79 Å². The van der Waals surface area contributed by atoms with Crippen LogP contribution in [0.1, 0.15) is 19.3 Å². The fraction of sp³-hybridized carbons (Fsp3) is 0.875. The van der Waals surface area contributed by atoms with Gasteiger partial charge in [0.2, 0.25) is 0 Å². The van der Waals surface area contributed by atoms with Gasteiger partial charge in [-0.1, -0.05) is 0 Å². The van der Waals surface area contributed by atoms with Gasteiger partial charge in [-0.3, -0.25) is 0 Å². The van der Waals surface area contributed by atoms with E-state index in [0.29, 0.717) is 13.0 Å². The van der Waals surface area contributed by atoms with Crippen LogP contribution in [-0.2, 0) is 9.53 Å². The number of carbonyl (C=O) groups is 1. The molecule has 0 radical (unpaired) electrons. The zero-order valence-electron chi connectivity index (χ0n) is 6.58. The second kappa shape index (κ2) is 3.83. The molecule has 0 aliphatic carbocycles. The largest absolute Gasteiger partial charge is 0.396 e. The third kappa shape index (κ3) is 2.01. The number of ether oxygens (including phenoxy) is 1. The Morgan fingerprint density at radius 3 is 2.91 bits per heavy atom. The Hall–Kier alpha value is -0.410. The average molecular weight is 158 g/mol. The molecular weight excluding hydrogens is 144 g/mol. The van der Waals surface area contributed by atoms with E-state index in [1.54, 1.807) is 0 Å². The summed E-state index contributed by atoms with van der Waals surface area (Å²) in [6, 6.07) is 0. The van der Waals surface area contributed by atoms with Crippen LogP contribution in [0.4, 0.5) is 0 Å². The van der Waals surface area contributed by atoms with E-state index in [2.05, 4.69) is 0 Å². The molecule has 1 N–H and O–H groups in total. The molecule has 1 unspecified atom stereocenters. The number of aldehydes is 1. The summed E-state index contributed by atoms with van der Waals surface area (Å²) in [5, 5.41) is 8.70. The second-order valence-corrected chi connectivity index (χ2v) is 3.11. The zero-order chi connectivity index (χ0) is 8.16. The lowest BCUT2D eigenvalue weighted by atomic mass is 9.81. The molecule has 64 valence electrons. The van der Waals surface area contributed by atoms with E-state index in [1.807, 2.05) is 0 Å². The lowest BCUT2D eigenvalue weighted by Gasteiger charge is -2.30. The highest BCUT2D eigenvalue weighted by Crippen LogP contribution is 2.29. The van der Waals surface area contributed by atoms with Crippen LogP contribution < -0.4 is 0 Å². The van der Waals surface area contributed by atoms with Crippen LogP contribution in [0.5, 0.6) is 0 Å². The van der Waals surface area contributed by atoms with E-state index in [0.717, 1.165) is 25.7 Å². The molecule has 3 nitrogen and oxygen atoms in total. The SMILES string of the molecule is O=CC1(CCO)CCCOC1. The normalized spacial score (nSPS) is 31.7. The molecule has 11 heavy (non-hydrogen) atoms. The smallest absolute Gasteiger partial charge is 0.128 e. The van der Waals surface area contributed by atoms with Crippen molar-refractivity contribution in [1.82, 2.24) is 0 Å². The number of hydrogen-bond donors (Lipinski definition) is 1. The molecule has 1 heterocycles. The van der Waals surface area contributed by atoms with Gasteiger partial charge in [0, 0.05) is 13.2 Å². The number of aliphatic hydroxyl groups is 1. The Kier molecular flexibility index (Phi) is 3.02. The minimum Gasteiger partial charge on any atom is -0.396 e. The molecule has 1 atom stereocenters. The van der Waals surface area contributed by atoms with Crippen LogP contribution >= 0.6 is 0 Å². The summed E-state index contributed by atoms with van der Waals surface area (Å²) in [5.74, 6) is 0. The Morgan fingerprint density at radius 1 is 1.64 bits per heavy atom. The fourth-order valence-electron chi connectivity index (χ4n) is 1.45. The molecule has 0 aromatic heterocycles. The highest BCUT2D eigenvalue weighted by molar-refractivity contribution is 5.59. The van der Waals surface area contributed by atoms with E-state index < -0.39 is 0 Å². The Balaban J connectivity index is 2.49. The summed E-state index contributed by atoms with van der Waals surface area (Å²) in [5.41, 5.74) is -0.382. The Morgan fingerprint density at radius 2 is 2.45 bits per heavy atom. The van der Waals surface area contributed by atoms with E-state index in [4.69, 9.17) is 9.84 Å². The standard InChI is InChI=1S/C8H14O3/c9-4-3-8(6-10)2-1-5-11-7-8/h6,9H,1-5,7H2. The third-order valence-electron chi connectivity index (χ3n) is 2.21. The van der Waals surface area contributed by atoms with Gasteiger partial charge in [-0.15, -0.1) is 0 Å². The molecule has 0 aromatic rings. The van der Waals surface area contributed by atoms with Gasteiger partial charge in [0.15, 0.2) is 0 Å². The average Bonchev–Trinajstić information content (AvgIpc) is 2.07. The first-order valence-corrected chi connectivity index (χ1v) is 3.98. The summed E-state index contributed by atoms with van der Waals surface area (Å²) < 4.78 is 5.19. The topological polar surface area (TPSA) is 46.5 Å². The van der Waals surface area contributed by atoms with Crippen molar-refractivity contribution in [1.29, 1.82) is 0 Å². The van der Waals surface area contributed by atoms with Gasteiger partial charge in [0.25, 0.3) is 0 Å². The maximum Gasteiger partial charge on any atom is 0.128 e. The first kappa shape index (κ1) is 8.68. The molecule has 0 amide bonds. The molecule has 0 bridgehead atoms. The van der Waals surface area contributed by atoms with E-state index in [-0.39, 0.29) is 12.0 Å². The van der Waals surface area contributed by atoms with Crippen molar-refractivity contribution in [2.45, 2.75) is 19.3 Å². The predicted molar refractivity (Wildman–Crippen MR) is 40.3 cm³/mol. The Bertz CT molecular complexity index is 122. The monoisotopic (exact) mass is 158 g/mol. The quantitative estimate of drug-likeness (QED) is 0.603. The molecule has 1 aliphatic heterocycles. The van der Waals surface area contributed by atoms with Gasteiger partial charge in [-0.05, 0) is 19.3 Å². The minimum absolute atomic E-state index is 0.0715. The van der Waals surface area contributed by atoms with Crippen molar-refractivity contribution in [3.05, 3.63) is 0 Å². The molecule has 0 saturated carbocycles. The van der Waals surface area contributed by atoms with Crippen molar-refractivity contribution in [3.8, 4) is 0 Å². The van der Waals surface area contributed by atoms with E-state index in [1.165, 1.54) is 0 Å². The Labute approximate surface area is 66.4 Å². The van der Waals surface area contributed by atoms with Crippen LogP contribution in [0.2, 0.25) is 0 Å². The zero-order valence-corrected chi connectivity index (χ0v) is 6.58. The van der Waals surface area contributed by atoms with Gasteiger partial charge >= 0.3 is 0 Å². The third-order valence-corrected chi connectivity index (χ3v) is 2.21. The van der Waals surface area contributed by atoms with Gasteiger partial charge in [0.05, 0.1) is 12.0 Å². The molecular formula is C8H14O3. The second-order valence-electron chi connectivity index (χ2n) is 3.11. The van der Waals surface area contributed by atoms with Gasteiger partial charge in [-0.2, -0.15) is 0 Å². The lowest BCUT2D eigenvalue weighted by molar-refractivity contribution is -0.125. The first-order valence-electron chi connectivity index (χ1n) is 3.98. The molecule has 0 spiro atoms. The van der Waals surface area contributed by atoms with Crippen LogP contribution in [0, 0.1) is 5.41 Å². The van der Waals surface area contributed by atoms with Crippen LogP contribution in [-0.4, -0.2) is 31.2 Å². The molecule has 3 heteroatoms. The molecule has 1 saturated heterocycles. The number of hydrogen-bond acceptors (Lipinski definition) is 3. The van der Waals surface area contributed by atoms with Crippen molar-refractivity contribution in [3.63, 3.8) is 0 Å². The van der Waals surface area contributed by atoms with Gasteiger partial charge in [0.1, 0.15) is 6.29 Å². The lowest BCUT2D eigenvalue weighted by Crippen LogP contribution is -2.34. The van der Waals surface area contributed by atoms with Crippen molar-refractivity contribution >= 4 is 6.29 Å². The maximum atomic E-state index is 10.7. The molecule has 0 aromatic carbocycles. The van der Waals surface area contributed by atoms with Crippen molar-refractivity contribution in [2.24, 2.45) is 5.41 Å². The van der Waals surface area contributed by atoms with Crippen molar-refractivity contribution < 1.29 is 14.6 Å². The highest BCUT2D eigenvalue weighted by Gasteiger charge is 2.31. The highest BCUT2D eigenvalue weighted by atomic mass is 16.5. The minimum atomic E-state index is -0.382. The summed E-state index contributed by atoms with van der Waals surface area (Å²) in [7, 11) is 0. The molecule has 1 fully saturated rings. The maximum absolute atomic E-state index is 10.7. The van der Waals surface area contributed by atoms with Crippen LogP contribution in [0.15, 0.2) is 0 Å². The summed E-state index contributed by atoms with van der Waals surface area (Å²) >= 11 is 0. The fourth-order valence-corrected chi connectivity index (χ4v) is 1.45. The number of aliphatic hydroxyl groups excluding tert-OH is 1. The van der Waals surface area contributed by atoms with E-state index >= 15 is 0 Å². The summed E-state index contributed by atoms with van der Waals surface area (Å²) in [4.78, 5) is 10.7. The van der Waals surface area contributed by atoms with Gasteiger partial charge < -0.3 is 14.6 Å².